The molecule has 0 heterocycles. The zero-order chi connectivity index (χ0) is 68.0. The Kier molecular flexibility index (Phi) is 61.6. The van der Waals surface area contributed by atoms with E-state index in [4.69, 9.17) is 37.0 Å². The molecule has 0 aliphatic rings. The summed E-state index contributed by atoms with van der Waals surface area (Å²) in [6.07, 6.45) is 51.0. The Balaban J connectivity index is 5.26. The number of aliphatic hydroxyl groups is 1. The van der Waals surface area contributed by atoms with Crippen LogP contribution in [-0.2, 0) is 65.4 Å². The third kappa shape index (κ3) is 64.9. The molecule has 6 atom stereocenters. The molecule has 3 N–H and O–H groups in total. The standard InChI is InChI=1S/C73H138O17P2/c1-8-10-11-12-13-14-15-16-18-22-25-28-31-40-47-54-70(75)83-60-68(89-72(77)56-49-42-32-29-26-23-20-17-19-21-24-27-30-37-44-51-64(3)4)62-87-91(79,80)85-58-67(74)59-86-92(81,82)88-63-69(90-73(78)57-50-43-35-33-38-45-52-65(5)6)61-84-71(76)55-48-41-36-34-39-46-53-66(7)9-2/h14-16,18,64-69,74H,8-13,17,19-63H2,1-7H3,(H,79,80)(H,81,82)/b15-14-,18-16-/t66?,67-,68-,69-/m1/s1. The molecule has 17 nitrogen and oxygen atoms in total. The fourth-order valence-corrected chi connectivity index (χ4v) is 12.1. The van der Waals surface area contributed by atoms with Crippen LogP contribution in [0.2, 0.25) is 0 Å². The molecule has 0 saturated heterocycles. The van der Waals surface area contributed by atoms with Crippen molar-refractivity contribution in [2.75, 3.05) is 39.6 Å². The van der Waals surface area contributed by atoms with E-state index in [9.17, 15) is 43.2 Å². The zero-order valence-corrected chi connectivity index (χ0v) is 61.3. The molecule has 0 aliphatic heterocycles. The van der Waals surface area contributed by atoms with Crippen molar-refractivity contribution in [1.82, 2.24) is 0 Å². The number of hydrogen-bond acceptors (Lipinski definition) is 15. The number of phosphoric ester groups is 2. The van der Waals surface area contributed by atoms with Gasteiger partial charge in [0.05, 0.1) is 26.4 Å². The molecule has 0 aromatic rings. The Bertz CT molecular complexity index is 1900. The summed E-state index contributed by atoms with van der Waals surface area (Å²) in [4.78, 5) is 72.6. The van der Waals surface area contributed by atoms with E-state index in [1.165, 1.54) is 128 Å². The number of esters is 4. The van der Waals surface area contributed by atoms with Crippen LogP contribution < -0.4 is 0 Å². The molecule has 0 saturated carbocycles. The van der Waals surface area contributed by atoms with Crippen LogP contribution in [0.25, 0.3) is 0 Å². The summed E-state index contributed by atoms with van der Waals surface area (Å²) >= 11 is 0. The van der Waals surface area contributed by atoms with Crippen LogP contribution in [0.15, 0.2) is 24.3 Å². The van der Waals surface area contributed by atoms with Crippen LogP contribution in [-0.4, -0.2) is 96.7 Å². The van der Waals surface area contributed by atoms with Gasteiger partial charge in [-0.05, 0) is 69.1 Å². The summed E-state index contributed by atoms with van der Waals surface area (Å²) in [5, 5.41) is 10.6. The van der Waals surface area contributed by atoms with Crippen LogP contribution in [0.5, 0.6) is 0 Å². The molecule has 0 rings (SSSR count). The van der Waals surface area contributed by atoms with E-state index in [1.807, 2.05) is 0 Å². The zero-order valence-electron chi connectivity index (χ0n) is 59.5. The summed E-state index contributed by atoms with van der Waals surface area (Å²) in [6, 6.07) is 0. The molecule has 0 spiro atoms. The summed E-state index contributed by atoms with van der Waals surface area (Å²) in [6.45, 7) is 11.7. The highest BCUT2D eigenvalue weighted by Gasteiger charge is 2.30. The Morgan fingerprint density at radius 2 is 0.641 bits per heavy atom. The fourth-order valence-electron chi connectivity index (χ4n) is 10.5. The van der Waals surface area contributed by atoms with Crippen LogP contribution in [0.3, 0.4) is 0 Å². The van der Waals surface area contributed by atoms with E-state index >= 15 is 0 Å². The lowest BCUT2D eigenvalue weighted by molar-refractivity contribution is -0.161. The number of aliphatic hydroxyl groups excluding tert-OH is 1. The third-order valence-electron chi connectivity index (χ3n) is 16.6. The minimum absolute atomic E-state index is 0.0987. The number of ether oxygens (including phenoxy) is 4. The highest BCUT2D eigenvalue weighted by atomic mass is 31.2. The monoisotopic (exact) mass is 1350 g/mol. The molecule has 0 bridgehead atoms. The van der Waals surface area contributed by atoms with E-state index < -0.39 is 97.5 Å². The van der Waals surface area contributed by atoms with Gasteiger partial charge in [0.2, 0.25) is 0 Å². The van der Waals surface area contributed by atoms with Crippen LogP contribution in [0.4, 0.5) is 0 Å². The number of rotatable bonds is 69. The Labute approximate surface area is 561 Å². The second-order valence-electron chi connectivity index (χ2n) is 26.8. The second kappa shape index (κ2) is 63.3. The van der Waals surface area contributed by atoms with Crippen molar-refractivity contribution in [3.05, 3.63) is 24.3 Å². The molecule has 0 fully saturated rings. The Morgan fingerprint density at radius 3 is 0.967 bits per heavy atom. The lowest BCUT2D eigenvalue weighted by Gasteiger charge is -2.21. The second-order valence-corrected chi connectivity index (χ2v) is 29.7. The summed E-state index contributed by atoms with van der Waals surface area (Å²) < 4.78 is 68.3. The summed E-state index contributed by atoms with van der Waals surface area (Å²) in [7, 11) is -9.92. The third-order valence-corrected chi connectivity index (χ3v) is 18.5. The quantitative estimate of drug-likeness (QED) is 0.0169. The van der Waals surface area contributed by atoms with Crippen molar-refractivity contribution >= 4 is 39.5 Å². The molecule has 0 amide bonds. The molecule has 542 valence electrons. The summed E-state index contributed by atoms with van der Waals surface area (Å²) in [5.74, 6) is 0.0388. The van der Waals surface area contributed by atoms with Gasteiger partial charge in [0.15, 0.2) is 12.2 Å². The van der Waals surface area contributed by atoms with Gasteiger partial charge in [-0.1, -0.05) is 291 Å². The van der Waals surface area contributed by atoms with E-state index in [0.717, 1.165) is 127 Å². The average molecular weight is 1350 g/mol. The lowest BCUT2D eigenvalue weighted by Crippen LogP contribution is -2.30. The van der Waals surface area contributed by atoms with Gasteiger partial charge in [-0.15, -0.1) is 0 Å². The molecule has 19 heteroatoms. The van der Waals surface area contributed by atoms with Crippen molar-refractivity contribution < 1.29 is 80.2 Å². The van der Waals surface area contributed by atoms with Crippen molar-refractivity contribution in [2.24, 2.45) is 17.8 Å². The number of unbranched alkanes of at least 4 members (excludes halogenated alkanes) is 33. The normalized spacial score (nSPS) is 14.6. The molecule has 0 aromatic heterocycles. The highest BCUT2D eigenvalue weighted by molar-refractivity contribution is 7.47. The van der Waals surface area contributed by atoms with Crippen molar-refractivity contribution in [3.63, 3.8) is 0 Å². The SMILES string of the molecule is CCCCCC/C=C\C=C/CCCCCCCC(=O)OC[C@H](COP(=O)(O)OC[C@@H](O)COP(=O)(O)OC[C@@H](COC(=O)CCCCCCCCC(C)CC)OC(=O)CCCCCCCCC(C)C)OC(=O)CCCCCCCCCCCCCCCCCC(C)C. The largest absolute Gasteiger partial charge is 0.472 e. The van der Waals surface area contributed by atoms with Gasteiger partial charge in [-0.3, -0.25) is 37.3 Å². The minimum Gasteiger partial charge on any atom is -0.462 e. The van der Waals surface area contributed by atoms with Gasteiger partial charge in [0, 0.05) is 25.7 Å². The number of carbonyl (C=O) groups excluding carboxylic acids is 4. The molecule has 92 heavy (non-hydrogen) atoms. The maximum absolute atomic E-state index is 13.0. The molecule has 0 aromatic carbocycles. The number of phosphoric acid groups is 2. The topological polar surface area (TPSA) is 237 Å². The minimum atomic E-state index is -4.96. The first-order chi connectivity index (χ1) is 44.3. The van der Waals surface area contributed by atoms with E-state index in [-0.39, 0.29) is 25.7 Å². The van der Waals surface area contributed by atoms with Gasteiger partial charge in [-0.25, -0.2) is 9.13 Å². The van der Waals surface area contributed by atoms with E-state index in [2.05, 4.69) is 72.8 Å². The van der Waals surface area contributed by atoms with Gasteiger partial charge in [0.25, 0.3) is 0 Å². The van der Waals surface area contributed by atoms with Crippen molar-refractivity contribution in [2.45, 2.75) is 362 Å². The molecular formula is C73H138O17P2. The van der Waals surface area contributed by atoms with Crippen LogP contribution in [0, 0.1) is 17.8 Å². The van der Waals surface area contributed by atoms with Crippen molar-refractivity contribution in [3.8, 4) is 0 Å². The maximum Gasteiger partial charge on any atom is 0.472 e. The average Bonchev–Trinajstić information content (AvgIpc) is 2.31. The highest BCUT2D eigenvalue weighted by Crippen LogP contribution is 2.45. The molecule has 0 radical (unpaired) electrons. The first-order valence-electron chi connectivity index (χ1n) is 37.2. The van der Waals surface area contributed by atoms with Crippen molar-refractivity contribution in [1.29, 1.82) is 0 Å². The smallest absolute Gasteiger partial charge is 0.462 e. The first-order valence-corrected chi connectivity index (χ1v) is 40.2. The predicted octanol–water partition coefficient (Wildman–Crippen LogP) is 20.6. The van der Waals surface area contributed by atoms with Gasteiger partial charge >= 0.3 is 39.5 Å². The molecule has 3 unspecified atom stereocenters. The van der Waals surface area contributed by atoms with Gasteiger partial charge in [0.1, 0.15) is 19.3 Å². The maximum atomic E-state index is 13.0. The summed E-state index contributed by atoms with van der Waals surface area (Å²) in [5.41, 5.74) is 0. The van der Waals surface area contributed by atoms with Crippen LogP contribution in [0.1, 0.15) is 344 Å². The number of hydrogen-bond donors (Lipinski definition) is 3. The number of carbonyl (C=O) groups is 4. The van der Waals surface area contributed by atoms with Gasteiger partial charge in [-0.2, -0.15) is 0 Å². The first kappa shape index (κ1) is 89.5. The predicted molar refractivity (Wildman–Crippen MR) is 372 cm³/mol. The number of allylic oxidation sites excluding steroid dienone is 4. The lowest BCUT2D eigenvalue weighted by atomic mass is 10.00. The molecular weight excluding hydrogens is 1210 g/mol. The van der Waals surface area contributed by atoms with Crippen LogP contribution >= 0.6 is 15.6 Å². The van der Waals surface area contributed by atoms with Gasteiger partial charge < -0.3 is 33.8 Å². The Hall–Kier alpha value is -2.46. The molecule has 0 aliphatic carbocycles. The fraction of sp³-hybridized carbons (Fsp3) is 0.890. The van der Waals surface area contributed by atoms with E-state index in [1.54, 1.807) is 0 Å². The van der Waals surface area contributed by atoms with E-state index in [0.29, 0.717) is 31.6 Å². The Morgan fingerprint density at radius 1 is 0.359 bits per heavy atom.